The molecule has 92 valence electrons. The summed E-state index contributed by atoms with van der Waals surface area (Å²) in [5.74, 6) is 0.820. The Balaban J connectivity index is 2.01. The van der Waals surface area contributed by atoms with Gasteiger partial charge in [-0.3, -0.25) is 0 Å². The molecular weight excluding hydrogens is 248 g/mol. The first-order valence-corrected chi connectivity index (χ1v) is 5.81. The van der Waals surface area contributed by atoms with Crippen molar-refractivity contribution in [3.63, 3.8) is 0 Å². The predicted molar refractivity (Wildman–Crippen MR) is 71.8 cm³/mol. The molecule has 0 radical (unpaired) electrons. The van der Waals surface area contributed by atoms with Crippen molar-refractivity contribution in [1.82, 2.24) is 9.97 Å². The van der Waals surface area contributed by atoms with E-state index in [-0.39, 0.29) is 5.24 Å². The number of ether oxygens (including phenoxy) is 2. The Bertz CT molecular complexity index is 523. The fourth-order valence-electron chi connectivity index (χ4n) is 1.34. The van der Waals surface area contributed by atoms with Crippen LogP contribution >= 0.6 is 12.2 Å². The number of aromatic nitrogens is 2. The third-order valence-electron chi connectivity index (χ3n) is 2.10. The lowest BCUT2D eigenvalue weighted by atomic mass is 10.4. The molecule has 0 saturated carbocycles. The van der Waals surface area contributed by atoms with Crippen molar-refractivity contribution in [2.45, 2.75) is 13.8 Å². The van der Waals surface area contributed by atoms with Crippen LogP contribution in [-0.4, -0.2) is 15.2 Å². The molecule has 0 bridgehead atoms. The van der Waals surface area contributed by atoms with E-state index in [0.29, 0.717) is 11.8 Å². The van der Waals surface area contributed by atoms with Gasteiger partial charge in [-0.2, -0.15) is 0 Å². The minimum atomic E-state index is -0.0220. The van der Waals surface area contributed by atoms with E-state index in [2.05, 4.69) is 9.97 Å². The maximum absolute atomic E-state index is 5.30. The number of hydrogen-bond acceptors (Lipinski definition) is 5. The maximum atomic E-state index is 5.30. The molecule has 2 heterocycles. The Hall–Kier alpha value is -2.01. The van der Waals surface area contributed by atoms with Gasteiger partial charge in [0.1, 0.15) is 0 Å². The number of hydrogen-bond donors (Lipinski definition) is 0. The summed E-state index contributed by atoms with van der Waals surface area (Å²) in [4.78, 5) is 8.32. The molecule has 2 aromatic heterocycles. The van der Waals surface area contributed by atoms with Crippen LogP contribution in [0, 0.1) is 13.8 Å². The second-order valence-corrected chi connectivity index (χ2v) is 4.02. The lowest BCUT2D eigenvalue weighted by Gasteiger charge is -2.07. The largest absolute Gasteiger partial charge is 0.398 e. The zero-order chi connectivity index (χ0) is 13.0. The highest BCUT2D eigenvalue weighted by Gasteiger charge is 2.05. The second-order valence-electron chi connectivity index (χ2n) is 3.69. The summed E-state index contributed by atoms with van der Waals surface area (Å²) in [5.41, 5.74) is 1.70. The molecule has 18 heavy (non-hydrogen) atoms. The maximum Gasteiger partial charge on any atom is 0.366 e. The second kappa shape index (κ2) is 5.55. The molecule has 0 amide bonds. The van der Waals surface area contributed by atoms with Gasteiger partial charge in [-0.1, -0.05) is 12.1 Å². The molecule has 0 aliphatic rings. The summed E-state index contributed by atoms with van der Waals surface area (Å²) in [5, 5.41) is -0.0220. The van der Waals surface area contributed by atoms with E-state index in [1.165, 1.54) is 0 Å². The Morgan fingerprint density at radius 2 is 1.33 bits per heavy atom. The van der Waals surface area contributed by atoms with Crippen LogP contribution in [0.25, 0.3) is 0 Å². The smallest absolute Gasteiger partial charge is 0.366 e. The number of pyridine rings is 2. The van der Waals surface area contributed by atoms with Gasteiger partial charge < -0.3 is 9.47 Å². The summed E-state index contributed by atoms with van der Waals surface area (Å²) >= 11 is 4.98. The van der Waals surface area contributed by atoms with Gasteiger partial charge in [-0.15, -0.1) is 0 Å². The van der Waals surface area contributed by atoms with Crippen molar-refractivity contribution in [3.8, 4) is 11.8 Å². The number of thiocarbonyl (C=S) groups is 1. The average molecular weight is 260 g/mol. The van der Waals surface area contributed by atoms with Crippen molar-refractivity contribution < 1.29 is 9.47 Å². The Labute approximate surface area is 111 Å². The quantitative estimate of drug-likeness (QED) is 0.777. The van der Waals surface area contributed by atoms with Gasteiger partial charge in [0, 0.05) is 35.7 Å². The molecule has 2 rings (SSSR count). The minimum Gasteiger partial charge on any atom is -0.398 e. The predicted octanol–water partition coefficient (Wildman–Crippen LogP) is 2.84. The van der Waals surface area contributed by atoms with Crippen molar-refractivity contribution >= 4 is 17.5 Å². The summed E-state index contributed by atoms with van der Waals surface area (Å²) in [6.07, 6.45) is 0. The molecule has 4 nitrogen and oxygen atoms in total. The molecule has 0 unspecified atom stereocenters. The minimum absolute atomic E-state index is 0.0220. The molecule has 0 saturated heterocycles. The number of aryl methyl sites for hydroxylation is 2. The van der Waals surface area contributed by atoms with Crippen molar-refractivity contribution in [2.24, 2.45) is 0 Å². The Morgan fingerprint density at radius 1 is 0.889 bits per heavy atom. The van der Waals surface area contributed by atoms with E-state index in [1.807, 2.05) is 38.1 Å². The van der Waals surface area contributed by atoms with Crippen LogP contribution in [0.1, 0.15) is 11.4 Å². The number of rotatable bonds is 2. The van der Waals surface area contributed by atoms with Gasteiger partial charge in [0.15, 0.2) is 0 Å². The molecule has 0 aliphatic heterocycles. The topological polar surface area (TPSA) is 44.2 Å². The van der Waals surface area contributed by atoms with Crippen LogP contribution in [0.5, 0.6) is 11.8 Å². The number of nitrogens with zero attached hydrogens (tertiary/aromatic N) is 2. The molecule has 0 spiro atoms. The average Bonchev–Trinajstić information content (AvgIpc) is 2.28. The monoisotopic (exact) mass is 260 g/mol. The summed E-state index contributed by atoms with van der Waals surface area (Å²) in [6.45, 7) is 3.75. The highest BCUT2D eigenvalue weighted by atomic mass is 32.1. The zero-order valence-corrected chi connectivity index (χ0v) is 10.9. The normalized spacial score (nSPS) is 9.89. The zero-order valence-electron chi connectivity index (χ0n) is 10.1. The van der Waals surface area contributed by atoms with Gasteiger partial charge in [-0.05, 0) is 26.0 Å². The van der Waals surface area contributed by atoms with E-state index in [4.69, 9.17) is 21.7 Å². The van der Waals surface area contributed by atoms with E-state index >= 15 is 0 Å². The van der Waals surface area contributed by atoms with Crippen LogP contribution in [0.15, 0.2) is 36.4 Å². The molecule has 0 N–H and O–H groups in total. The molecule has 0 aromatic carbocycles. The lowest BCUT2D eigenvalue weighted by molar-refractivity contribution is 0.385. The van der Waals surface area contributed by atoms with E-state index in [9.17, 15) is 0 Å². The fraction of sp³-hybridized carbons (Fsp3) is 0.154. The molecule has 5 heteroatoms. The molecule has 0 aliphatic carbocycles. The molecule has 0 atom stereocenters. The summed E-state index contributed by atoms with van der Waals surface area (Å²) < 4.78 is 10.6. The fourth-order valence-corrected chi connectivity index (χ4v) is 1.51. The third-order valence-corrected chi connectivity index (χ3v) is 2.27. The van der Waals surface area contributed by atoms with E-state index < -0.39 is 0 Å². The van der Waals surface area contributed by atoms with Crippen LogP contribution in [0.3, 0.4) is 0 Å². The SMILES string of the molecule is Cc1cccc(OC(=S)Oc2cccc(C)n2)n1. The van der Waals surface area contributed by atoms with Gasteiger partial charge >= 0.3 is 5.24 Å². The molecular formula is C13H12N2O2S. The lowest BCUT2D eigenvalue weighted by Crippen LogP contribution is -2.15. The first-order chi connectivity index (χ1) is 8.63. The highest BCUT2D eigenvalue weighted by molar-refractivity contribution is 7.79. The van der Waals surface area contributed by atoms with Crippen LogP contribution in [-0.2, 0) is 0 Å². The van der Waals surface area contributed by atoms with Gasteiger partial charge in [-0.25, -0.2) is 9.97 Å². The first kappa shape index (κ1) is 12.4. The van der Waals surface area contributed by atoms with Crippen molar-refractivity contribution in [2.75, 3.05) is 0 Å². The van der Waals surface area contributed by atoms with Gasteiger partial charge in [0.2, 0.25) is 11.8 Å². The van der Waals surface area contributed by atoms with E-state index in [0.717, 1.165) is 11.4 Å². The first-order valence-electron chi connectivity index (χ1n) is 5.40. The standard InChI is InChI=1S/C13H12N2O2S/c1-9-5-3-7-11(14-9)16-13(18)17-12-8-4-6-10(2)15-12/h3-8H,1-2H3. The Morgan fingerprint density at radius 3 is 1.72 bits per heavy atom. The van der Waals surface area contributed by atoms with Crippen LogP contribution < -0.4 is 9.47 Å². The highest BCUT2D eigenvalue weighted by Crippen LogP contribution is 2.11. The third kappa shape index (κ3) is 3.49. The van der Waals surface area contributed by atoms with Crippen molar-refractivity contribution in [3.05, 3.63) is 47.8 Å². The van der Waals surface area contributed by atoms with E-state index in [1.54, 1.807) is 12.1 Å². The summed E-state index contributed by atoms with van der Waals surface area (Å²) in [6, 6.07) is 10.9. The van der Waals surface area contributed by atoms with Gasteiger partial charge in [0.05, 0.1) is 0 Å². The van der Waals surface area contributed by atoms with Crippen LogP contribution in [0.4, 0.5) is 0 Å². The van der Waals surface area contributed by atoms with Crippen LogP contribution in [0.2, 0.25) is 0 Å². The molecule has 0 fully saturated rings. The van der Waals surface area contributed by atoms with Crippen molar-refractivity contribution in [1.29, 1.82) is 0 Å². The summed E-state index contributed by atoms with van der Waals surface area (Å²) in [7, 11) is 0. The Kier molecular flexibility index (Phi) is 3.84. The molecule has 2 aromatic rings. The van der Waals surface area contributed by atoms with Gasteiger partial charge in [0.25, 0.3) is 0 Å².